The Hall–Kier alpha value is -1.35. The van der Waals surface area contributed by atoms with Gasteiger partial charge in [-0.1, -0.05) is 29.3 Å². The molecule has 146 valence electrons. The number of primary amides is 1. The van der Waals surface area contributed by atoms with Gasteiger partial charge in [0.2, 0.25) is 5.91 Å². The first kappa shape index (κ1) is 22.7. The van der Waals surface area contributed by atoms with Crippen molar-refractivity contribution in [3.8, 4) is 0 Å². The first-order chi connectivity index (χ1) is 12.0. The van der Waals surface area contributed by atoms with E-state index in [0.29, 0.717) is 12.6 Å². The van der Waals surface area contributed by atoms with Crippen molar-refractivity contribution >= 4 is 35.8 Å². The molecule has 6 nitrogen and oxygen atoms in total. The number of nitrogens with zero attached hydrogens (tertiary/aromatic N) is 2. The quantitative estimate of drug-likeness (QED) is 0.333. The first-order valence-electron chi connectivity index (χ1n) is 9.01. The van der Waals surface area contributed by atoms with Gasteiger partial charge in [-0.2, -0.15) is 0 Å². The molecule has 7 heteroatoms. The lowest BCUT2D eigenvalue weighted by Gasteiger charge is -2.32. The molecule has 4 N–H and O–H groups in total. The summed E-state index contributed by atoms with van der Waals surface area (Å²) in [4.78, 5) is 17.4. The van der Waals surface area contributed by atoms with Crippen molar-refractivity contribution in [1.82, 2.24) is 15.5 Å². The van der Waals surface area contributed by atoms with Gasteiger partial charge in [0.25, 0.3) is 0 Å². The first-order valence-corrected chi connectivity index (χ1v) is 9.01. The Morgan fingerprint density at radius 1 is 1.23 bits per heavy atom. The van der Waals surface area contributed by atoms with Crippen molar-refractivity contribution in [2.75, 3.05) is 33.2 Å². The normalized spacial score (nSPS) is 16.0. The Morgan fingerprint density at radius 2 is 1.85 bits per heavy atom. The van der Waals surface area contributed by atoms with Crippen molar-refractivity contribution in [3.63, 3.8) is 0 Å². The molecule has 26 heavy (non-hydrogen) atoms. The highest BCUT2D eigenvalue weighted by atomic mass is 127. The Bertz CT molecular complexity index is 592. The van der Waals surface area contributed by atoms with Crippen LogP contribution in [-0.4, -0.2) is 56.0 Å². The summed E-state index contributed by atoms with van der Waals surface area (Å²) >= 11 is 0. The maximum Gasteiger partial charge on any atom is 0.231 e. The van der Waals surface area contributed by atoms with E-state index in [1.165, 1.54) is 16.7 Å². The second-order valence-corrected chi connectivity index (χ2v) is 6.91. The van der Waals surface area contributed by atoms with E-state index >= 15 is 0 Å². The average Bonchev–Trinajstić information content (AvgIpc) is 2.54. The van der Waals surface area contributed by atoms with E-state index in [1.54, 1.807) is 7.05 Å². The van der Waals surface area contributed by atoms with Gasteiger partial charge in [-0.3, -0.25) is 14.7 Å². The number of aryl methyl sites for hydroxylation is 2. The van der Waals surface area contributed by atoms with E-state index in [1.807, 2.05) is 0 Å². The van der Waals surface area contributed by atoms with Crippen molar-refractivity contribution in [2.24, 2.45) is 10.7 Å². The van der Waals surface area contributed by atoms with Gasteiger partial charge in [-0.05, 0) is 38.7 Å². The number of likely N-dealkylation sites (tertiary alicyclic amines) is 1. The highest BCUT2D eigenvalue weighted by Gasteiger charge is 2.20. The third-order valence-corrected chi connectivity index (χ3v) is 4.52. The van der Waals surface area contributed by atoms with E-state index < -0.39 is 0 Å². The monoisotopic (exact) mass is 473 g/mol. The van der Waals surface area contributed by atoms with Gasteiger partial charge < -0.3 is 16.4 Å². The van der Waals surface area contributed by atoms with E-state index in [4.69, 9.17) is 5.73 Å². The fourth-order valence-electron chi connectivity index (χ4n) is 3.38. The van der Waals surface area contributed by atoms with Gasteiger partial charge in [0.1, 0.15) is 0 Å². The molecule has 0 spiro atoms. The largest absolute Gasteiger partial charge is 0.369 e. The zero-order valence-corrected chi connectivity index (χ0v) is 18.4. The Morgan fingerprint density at radius 3 is 2.38 bits per heavy atom. The molecule has 1 amide bonds. The summed E-state index contributed by atoms with van der Waals surface area (Å²) in [5.41, 5.74) is 9.22. The van der Waals surface area contributed by atoms with E-state index in [2.05, 4.69) is 52.6 Å². The summed E-state index contributed by atoms with van der Waals surface area (Å²) in [6.07, 6.45) is 2.95. The summed E-state index contributed by atoms with van der Waals surface area (Å²) in [7, 11) is 1.80. The van der Waals surface area contributed by atoms with Gasteiger partial charge in [0, 0.05) is 32.7 Å². The van der Waals surface area contributed by atoms with Crippen LogP contribution in [0.3, 0.4) is 0 Å². The maximum absolute atomic E-state index is 11.0. The average molecular weight is 473 g/mol. The van der Waals surface area contributed by atoms with Crippen LogP contribution in [0.1, 0.15) is 29.5 Å². The molecule has 1 aliphatic rings. The minimum Gasteiger partial charge on any atom is -0.369 e. The van der Waals surface area contributed by atoms with Gasteiger partial charge in [0.15, 0.2) is 5.96 Å². The van der Waals surface area contributed by atoms with Gasteiger partial charge in [-0.15, -0.1) is 24.0 Å². The lowest BCUT2D eigenvalue weighted by Crippen LogP contribution is -2.50. The number of nitrogens with one attached hydrogen (secondary N) is 2. The molecule has 0 bridgehead atoms. The molecule has 0 atom stereocenters. The molecule has 1 heterocycles. The zero-order chi connectivity index (χ0) is 18.2. The van der Waals surface area contributed by atoms with Gasteiger partial charge >= 0.3 is 0 Å². The van der Waals surface area contributed by atoms with Gasteiger partial charge in [0.05, 0.1) is 6.54 Å². The predicted octanol–water partition coefficient (Wildman–Crippen LogP) is 1.58. The van der Waals surface area contributed by atoms with Crippen LogP contribution in [0.2, 0.25) is 0 Å². The third-order valence-electron chi connectivity index (χ3n) is 4.52. The number of amides is 1. The SMILES string of the molecule is CN=C(NCCc1cc(C)cc(C)c1)NC1CCN(CC(N)=O)CC1.I. The minimum atomic E-state index is -0.254. The molecule has 1 saturated heterocycles. The number of piperidine rings is 1. The smallest absolute Gasteiger partial charge is 0.231 e. The standard InChI is InChI=1S/C19H31N5O.HI/c1-14-10-15(2)12-16(11-14)4-7-22-19(21-3)23-17-5-8-24(9-6-17)13-18(20)25;/h10-12,17H,4-9,13H2,1-3H3,(H2,20,25)(H2,21,22,23);1H. The molecular weight excluding hydrogens is 441 g/mol. The molecule has 1 aromatic carbocycles. The highest BCUT2D eigenvalue weighted by Crippen LogP contribution is 2.10. The van der Waals surface area contributed by atoms with Crippen LogP contribution in [0.5, 0.6) is 0 Å². The van der Waals surface area contributed by atoms with Crippen molar-refractivity contribution < 1.29 is 4.79 Å². The number of rotatable bonds is 6. The third kappa shape index (κ3) is 7.90. The van der Waals surface area contributed by atoms with E-state index in [-0.39, 0.29) is 29.9 Å². The number of benzene rings is 1. The second-order valence-electron chi connectivity index (χ2n) is 6.91. The second kappa shape index (κ2) is 11.4. The van der Waals surface area contributed by atoms with Crippen LogP contribution in [0.15, 0.2) is 23.2 Å². The summed E-state index contributed by atoms with van der Waals surface area (Å²) in [5, 5.41) is 6.88. The zero-order valence-electron chi connectivity index (χ0n) is 16.0. The van der Waals surface area contributed by atoms with Crippen LogP contribution in [0, 0.1) is 13.8 Å². The number of hydrogen-bond donors (Lipinski definition) is 3. The van der Waals surface area contributed by atoms with Crippen molar-refractivity contribution in [3.05, 3.63) is 34.9 Å². The fourth-order valence-corrected chi connectivity index (χ4v) is 3.38. The molecule has 1 aromatic rings. The Labute approximate surface area is 174 Å². The Kier molecular flexibility index (Phi) is 9.93. The number of hydrogen-bond acceptors (Lipinski definition) is 3. The summed E-state index contributed by atoms with van der Waals surface area (Å²) in [6, 6.07) is 7.05. The lowest BCUT2D eigenvalue weighted by molar-refractivity contribution is -0.119. The van der Waals surface area contributed by atoms with Crippen LogP contribution in [0.25, 0.3) is 0 Å². The van der Waals surface area contributed by atoms with Crippen LogP contribution in [0.4, 0.5) is 0 Å². The van der Waals surface area contributed by atoms with Crippen LogP contribution in [-0.2, 0) is 11.2 Å². The summed E-state index contributed by atoms with van der Waals surface area (Å²) in [6.45, 7) is 7.25. The highest BCUT2D eigenvalue weighted by molar-refractivity contribution is 14.0. The molecule has 0 saturated carbocycles. The van der Waals surface area contributed by atoms with Crippen molar-refractivity contribution in [1.29, 1.82) is 0 Å². The molecule has 1 aliphatic heterocycles. The molecule has 1 fully saturated rings. The van der Waals surface area contributed by atoms with Crippen molar-refractivity contribution in [2.45, 2.75) is 39.2 Å². The molecule has 0 radical (unpaired) electrons. The van der Waals surface area contributed by atoms with Gasteiger partial charge in [-0.25, -0.2) is 0 Å². The lowest BCUT2D eigenvalue weighted by atomic mass is 10.0. The Balaban J connectivity index is 0.00000338. The molecule has 0 aliphatic carbocycles. The van der Waals surface area contributed by atoms with Crippen LogP contribution < -0.4 is 16.4 Å². The molecule has 0 aromatic heterocycles. The number of aliphatic imine (C=N–C) groups is 1. The number of halogens is 1. The molecule has 2 rings (SSSR count). The van der Waals surface area contributed by atoms with E-state index in [9.17, 15) is 4.79 Å². The predicted molar refractivity (Wildman–Crippen MR) is 118 cm³/mol. The number of nitrogens with two attached hydrogens (primary N) is 1. The topological polar surface area (TPSA) is 82.8 Å². The number of carbonyl (C=O) groups is 1. The summed E-state index contributed by atoms with van der Waals surface area (Å²) < 4.78 is 0. The number of guanidine groups is 1. The summed E-state index contributed by atoms with van der Waals surface area (Å²) in [5.74, 6) is 0.591. The maximum atomic E-state index is 11.0. The fraction of sp³-hybridized carbons (Fsp3) is 0.579. The van der Waals surface area contributed by atoms with E-state index in [0.717, 1.165) is 44.9 Å². The van der Waals surface area contributed by atoms with Crippen LogP contribution >= 0.6 is 24.0 Å². The molecular formula is C19H32IN5O. The minimum absolute atomic E-state index is 0. The number of carbonyl (C=O) groups excluding carboxylic acids is 1. The molecule has 0 unspecified atom stereocenters.